The van der Waals surface area contributed by atoms with Crippen LogP contribution in [0.3, 0.4) is 0 Å². The van der Waals surface area contributed by atoms with Crippen LogP contribution in [-0.4, -0.2) is 4.57 Å². The standard InChI is InChI=1S/C60H40N2O/c1-2-17-41(18-3-1)43-19-14-21-46(39-43)61(47-22-15-20-44(40-47)49-29-16-30-55-54-28-9-13-34-59(54)63-60(49)55)45-37-35-42(36-38-45)48-23-4-5-24-50(48)51-25-6-10-31-56(51)62-57-32-11-7-26-52(57)53-27-8-12-33-58(53)62/h1-40H. The number of aromatic nitrogens is 1. The number of hydrogen-bond donors (Lipinski definition) is 0. The summed E-state index contributed by atoms with van der Waals surface area (Å²) in [7, 11) is 0. The molecule has 12 aromatic rings. The Kier molecular flexibility index (Phi) is 8.83. The Hall–Kier alpha value is -8.40. The van der Waals surface area contributed by atoms with E-state index >= 15 is 0 Å². The second-order valence-electron chi connectivity index (χ2n) is 16.1. The van der Waals surface area contributed by atoms with Crippen LogP contribution in [0.2, 0.25) is 0 Å². The summed E-state index contributed by atoms with van der Waals surface area (Å²) >= 11 is 0. The fourth-order valence-corrected chi connectivity index (χ4v) is 9.53. The van der Waals surface area contributed by atoms with Crippen LogP contribution in [0.4, 0.5) is 17.1 Å². The Morgan fingerprint density at radius 3 is 1.57 bits per heavy atom. The number of rotatable bonds is 8. The number of hydrogen-bond acceptors (Lipinski definition) is 2. The third kappa shape index (κ3) is 6.29. The second-order valence-corrected chi connectivity index (χ2v) is 16.1. The maximum absolute atomic E-state index is 6.52. The summed E-state index contributed by atoms with van der Waals surface area (Å²) in [5.41, 5.74) is 17.7. The van der Waals surface area contributed by atoms with E-state index in [1.165, 1.54) is 44.1 Å². The number of nitrogens with zero attached hydrogens (tertiary/aromatic N) is 2. The van der Waals surface area contributed by atoms with E-state index in [9.17, 15) is 0 Å². The van der Waals surface area contributed by atoms with Crippen LogP contribution in [-0.2, 0) is 0 Å². The molecule has 0 aliphatic rings. The average molecular weight is 805 g/mol. The largest absolute Gasteiger partial charge is 0.455 e. The van der Waals surface area contributed by atoms with Crippen molar-refractivity contribution in [2.75, 3.05) is 4.90 Å². The van der Waals surface area contributed by atoms with Crippen LogP contribution in [0.1, 0.15) is 0 Å². The molecule has 0 unspecified atom stereocenters. The molecule has 0 aliphatic carbocycles. The van der Waals surface area contributed by atoms with E-state index in [4.69, 9.17) is 4.42 Å². The van der Waals surface area contributed by atoms with Crippen molar-refractivity contribution in [2.24, 2.45) is 0 Å². The van der Waals surface area contributed by atoms with Gasteiger partial charge in [-0.1, -0.05) is 182 Å². The smallest absolute Gasteiger partial charge is 0.143 e. The summed E-state index contributed by atoms with van der Waals surface area (Å²) in [5, 5.41) is 4.75. The topological polar surface area (TPSA) is 21.3 Å². The van der Waals surface area contributed by atoms with E-state index in [0.29, 0.717) is 0 Å². The van der Waals surface area contributed by atoms with E-state index in [2.05, 4.69) is 240 Å². The molecule has 2 heterocycles. The molecular formula is C60H40N2O. The lowest BCUT2D eigenvalue weighted by atomic mass is 9.93. The molecule has 0 amide bonds. The summed E-state index contributed by atoms with van der Waals surface area (Å²) in [6.07, 6.45) is 0. The first kappa shape index (κ1) is 36.5. The number of furan rings is 1. The molecule has 0 bridgehead atoms. The van der Waals surface area contributed by atoms with Crippen LogP contribution in [0.25, 0.3) is 93.9 Å². The van der Waals surface area contributed by atoms with Crippen LogP contribution < -0.4 is 4.90 Å². The Morgan fingerprint density at radius 2 is 0.825 bits per heavy atom. The quantitative estimate of drug-likeness (QED) is 0.153. The molecule has 63 heavy (non-hydrogen) atoms. The van der Waals surface area contributed by atoms with Gasteiger partial charge in [0.25, 0.3) is 0 Å². The van der Waals surface area contributed by atoms with Crippen molar-refractivity contribution in [3.05, 3.63) is 243 Å². The molecule has 0 spiro atoms. The van der Waals surface area contributed by atoms with Gasteiger partial charge in [-0.2, -0.15) is 0 Å². The predicted molar refractivity (Wildman–Crippen MR) is 264 cm³/mol. The summed E-state index contributed by atoms with van der Waals surface area (Å²) in [6.45, 7) is 0. The normalized spacial score (nSPS) is 11.5. The third-order valence-electron chi connectivity index (χ3n) is 12.4. The highest BCUT2D eigenvalue weighted by atomic mass is 16.3. The first-order valence-electron chi connectivity index (χ1n) is 21.5. The molecule has 0 fully saturated rings. The molecule has 2 aromatic heterocycles. The lowest BCUT2D eigenvalue weighted by Gasteiger charge is -2.27. The van der Waals surface area contributed by atoms with Gasteiger partial charge in [-0.25, -0.2) is 0 Å². The average Bonchev–Trinajstić information content (AvgIpc) is 3.91. The Bertz CT molecular complexity index is 3580. The maximum Gasteiger partial charge on any atom is 0.143 e. The summed E-state index contributed by atoms with van der Waals surface area (Å²) < 4.78 is 8.94. The number of benzene rings is 10. The number of anilines is 3. The van der Waals surface area contributed by atoms with Crippen molar-refractivity contribution < 1.29 is 4.42 Å². The molecule has 0 aliphatic heterocycles. The fraction of sp³-hybridized carbons (Fsp3) is 0. The van der Waals surface area contributed by atoms with Crippen LogP contribution in [0, 0.1) is 0 Å². The Morgan fingerprint density at radius 1 is 0.302 bits per heavy atom. The summed E-state index contributed by atoms with van der Waals surface area (Å²) in [5.74, 6) is 0. The zero-order valence-corrected chi connectivity index (χ0v) is 34.4. The van der Waals surface area contributed by atoms with Gasteiger partial charge < -0.3 is 13.9 Å². The highest BCUT2D eigenvalue weighted by Gasteiger charge is 2.20. The molecule has 0 N–H and O–H groups in total. The molecule has 12 rings (SSSR count). The molecule has 0 saturated carbocycles. The Balaban J connectivity index is 0.982. The van der Waals surface area contributed by atoms with Gasteiger partial charge in [0.15, 0.2) is 0 Å². The van der Waals surface area contributed by atoms with Crippen molar-refractivity contribution in [1.82, 2.24) is 4.57 Å². The molecule has 0 radical (unpaired) electrons. The number of fused-ring (bicyclic) bond motifs is 6. The van der Waals surface area contributed by atoms with E-state index in [0.717, 1.165) is 66.9 Å². The van der Waals surface area contributed by atoms with Crippen LogP contribution in [0.5, 0.6) is 0 Å². The SMILES string of the molecule is c1ccc(-c2cccc(N(c3ccc(-c4ccccc4-c4ccccc4-n4c5ccccc5c5ccccc54)cc3)c3cccc(-c4cccc5c4oc4ccccc45)c3)c2)cc1. The van der Waals surface area contributed by atoms with Gasteiger partial charge in [-0.15, -0.1) is 0 Å². The van der Waals surface area contributed by atoms with Crippen molar-refractivity contribution in [3.63, 3.8) is 0 Å². The van der Waals surface area contributed by atoms with E-state index in [1.807, 2.05) is 12.1 Å². The van der Waals surface area contributed by atoms with E-state index < -0.39 is 0 Å². The number of para-hydroxylation sites is 5. The predicted octanol–water partition coefficient (Wildman–Crippen LogP) is 16.8. The summed E-state index contributed by atoms with van der Waals surface area (Å²) in [4.78, 5) is 2.36. The minimum Gasteiger partial charge on any atom is -0.455 e. The van der Waals surface area contributed by atoms with E-state index in [-0.39, 0.29) is 0 Å². The zero-order chi connectivity index (χ0) is 41.7. The first-order chi connectivity index (χ1) is 31.3. The van der Waals surface area contributed by atoms with Gasteiger partial charge in [-0.3, -0.25) is 0 Å². The molecule has 0 saturated heterocycles. The molecule has 3 nitrogen and oxygen atoms in total. The van der Waals surface area contributed by atoms with Gasteiger partial charge in [0.05, 0.1) is 16.7 Å². The fourth-order valence-electron chi connectivity index (χ4n) is 9.53. The lowest BCUT2D eigenvalue weighted by molar-refractivity contribution is 0.670. The molecular weight excluding hydrogens is 765 g/mol. The maximum atomic E-state index is 6.52. The highest BCUT2D eigenvalue weighted by molar-refractivity contribution is 6.11. The molecule has 296 valence electrons. The van der Waals surface area contributed by atoms with Gasteiger partial charge in [0.2, 0.25) is 0 Å². The van der Waals surface area contributed by atoms with Gasteiger partial charge in [0, 0.05) is 49.7 Å². The first-order valence-corrected chi connectivity index (χ1v) is 21.5. The van der Waals surface area contributed by atoms with Gasteiger partial charge in [0.1, 0.15) is 11.2 Å². The summed E-state index contributed by atoms with van der Waals surface area (Å²) in [6, 6.07) is 87.1. The van der Waals surface area contributed by atoms with Crippen LogP contribution in [0.15, 0.2) is 247 Å². The van der Waals surface area contributed by atoms with Crippen molar-refractivity contribution in [1.29, 1.82) is 0 Å². The minimum atomic E-state index is 0.896. The zero-order valence-electron chi connectivity index (χ0n) is 34.4. The Labute approximate surface area is 366 Å². The second kappa shape index (κ2) is 15.3. The van der Waals surface area contributed by atoms with Gasteiger partial charge >= 0.3 is 0 Å². The molecule has 3 heteroatoms. The minimum absolute atomic E-state index is 0.896. The van der Waals surface area contributed by atoms with Gasteiger partial charge in [-0.05, 0) is 94.0 Å². The lowest BCUT2D eigenvalue weighted by Crippen LogP contribution is -2.10. The monoisotopic (exact) mass is 804 g/mol. The van der Waals surface area contributed by atoms with Crippen molar-refractivity contribution >= 4 is 60.8 Å². The van der Waals surface area contributed by atoms with Crippen molar-refractivity contribution in [3.8, 4) is 50.2 Å². The molecule has 0 atom stereocenters. The molecule has 10 aromatic carbocycles. The van der Waals surface area contributed by atoms with Crippen molar-refractivity contribution in [2.45, 2.75) is 0 Å². The third-order valence-corrected chi connectivity index (χ3v) is 12.4. The highest BCUT2D eigenvalue weighted by Crippen LogP contribution is 2.43. The van der Waals surface area contributed by atoms with E-state index in [1.54, 1.807) is 0 Å². The van der Waals surface area contributed by atoms with Crippen LogP contribution >= 0.6 is 0 Å².